The van der Waals surface area contributed by atoms with Crippen molar-refractivity contribution in [3.8, 4) is 11.1 Å². The van der Waals surface area contributed by atoms with E-state index in [1.165, 1.54) is 16.2 Å². The van der Waals surface area contributed by atoms with Crippen molar-refractivity contribution in [3.63, 3.8) is 0 Å². The van der Waals surface area contributed by atoms with Gasteiger partial charge in [0.25, 0.3) is 0 Å². The molecule has 1 aromatic heterocycles. The van der Waals surface area contributed by atoms with Gasteiger partial charge in [-0.05, 0) is 62.5 Å². The van der Waals surface area contributed by atoms with Crippen LogP contribution in [0.5, 0.6) is 0 Å². The summed E-state index contributed by atoms with van der Waals surface area (Å²) >= 11 is 0. The van der Waals surface area contributed by atoms with Crippen LogP contribution in [0, 0.1) is 0 Å². The highest BCUT2D eigenvalue weighted by atomic mass is 16.3. The maximum Gasteiger partial charge on any atom is 0.159 e. The van der Waals surface area contributed by atoms with Crippen LogP contribution in [0.15, 0.2) is 166 Å². The van der Waals surface area contributed by atoms with Crippen LogP contribution in [-0.4, -0.2) is 11.7 Å². The third kappa shape index (κ3) is 4.30. The fraction of sp³-hybridized carbons (Fsp3) is 0.0244. The van der Waals surface area contributed by atoms with E-state index in [2.05, 4.69) is 139 Å². The van der Waals surface area contributed by atoms with Gasteiger partial charge in [-0.15, -0.1) is 0 Å². The van der Waals surface area contributed by atoms with Gasteiger partial charge in [-0.3, -0.25) is 0 Å². The van der Waals surface area contributed by atoms with E-state index >= 15 is 0 Å². The van der Waals surface area contributed by atoms with Crippen LogP contribution in [0.4, 0.5) is 0 Å². The van der Waals surface area contributed by atoms with Crippen LogP contribution >= 0.6 is 0 Å². The minimum absolute atomic E-state index is 0.325. The van der Waals surface area contributed by atoms with Gasteiger partial charge in [0.15, 0.2) is 5.84 Å². The zero-order valence-corrected chi connectivity index (χ0v) is 24.3. The molecule has 4 nitrogen and oxygen atoms in total. The zero-order chi connectivity index (χ0) is 29.7. The minimum atomic E-state index is -0.325. The molecule has 7 aromatic carbocycles. The smallest absolute Gasteiger partial charge is 0.159 e. The number of hydrogen-bond donors (Lipinski definition) is 1. The number of furan rings is 1. The fourth-order valence-corrected chi connectivity index (χ4v) is 6.59. The average Bonchev–Trinajstić information content (AvgIpc) is 3.50. The predicted octanol–water partition coefficient (Wildman–Crippen LogP) is 10.1. The monoisotopic (exact) mass is 577 g/mol. The standard InChI is InChI=1S/C41H27N3O/c1-2-13-28(14-3-1)39-42-40(30-22-21-26-11-4-5-15-29(26)25-30)44-41(43-39)38-33(32-19-10-16-27-12-6-7-17-31(27)32)23-24-36-37(38)34-18-8-9-20-35(34)45-36/h1-25,39H,(H,42,43,44). The molecule has 0 saturated carbocycles. The van der Waals surface area contributed by atoms with Crippen LogP contribution in [0.25, 0.3) is 54.6 Å². The largest absolute Gasteiger partial charge is 0.456 e. The molecule has 1 unspecified atom stereocenters. The first-order chi connectivity index (χ1) is 22.3. The van der Waals surface area contributed by atoms with E-state index in [1.54, 1.807) is 0 Å². The van der Waals surface area contributed by atoms with Crippen molar-refractivity contribution < 1.29 is 4.42 Å². The van der Waals surface area contributed by atoms with Gasteiger partial charge < -0.3 is 9.73 Å². The van der Waals surface area contributed by atoms with Gasteiger partial charge in [0.2, 0.25) is 0 Å². The van der Waals surface area contributed by atoms with E-state index in [-0.39, 0.29) is 6.17 Å². The maximum atomic E-state index is 6.42. The second-order valence-electron chi connectivity index (χ2n) is 11.4. The molecule has 2 heterocycles. The normalized spacial score (nSPS) is 14.9. The Morgan fingerprint density at radius 2 is 1.27 bits per heavy atom. The molecule has 1 N–H and O–H groups in total. The molecule has 1 aliphatic rings. The molecule has 0 fully saturated rings. The molecule has 1 aliphatic heterocycles. The molecule has 1 atom stereocenters. The number of benzene rings is 7. The molecular weight excluding hydrogens is 550 g/mol. The molecule has 8 aromatic rings. The summed E-state index contributed by atoms with van der Waals surface area (Å²) in [5, 5.41) is 10.6. The SMILES string of the molecule is c1ccc(C2N=C(c3ccc4ccccc4c3)N=C(c3c(-c4cccc5ccccc45)ccc4oc5ccccc5c34)N2)cc1. The van der Waals surface area contributed by atoms with Crippen LogP contribution < -0.4 is 5.32 Å². The van der Waals surface area contributed by atoms with Crippen molar-refractivity contribution in [2.24, 2.45) is 9.98 Å². The number of amidine groups is 2. The molecule has 0 aliphatic carbocycles. The summed E-state index contributed by atoms with van der Waals surface area (Å²) in [6.45, 7) is 0. The number of aliphatic imine (C=N–C) groups is 2. The number of rotatable bonds is 4. The third-order valence-corrected chi connectivity index (χ3v) is 8.73. The van der Waals surface area contributed by atoms with Gasteiger partial charge in [0, 0.05) is 21.9 Å². The van der Waals surface area contributed by atoms with Crippen molar-refractivity contribution in [2.45, 2.75) is 6.17 Å². The number of nitrogens with zero attached hydrogens (tertiary/aromatic N) is 2. The Kier molecular flexibility index (Phi) is 5.85. The quantitative estimate of drug-likeness (QED) is 0.226. The Labute approximate surface area is 260 Å². The number of para-hydroxylation sites is 1. The van der Waals surface area contributed by atoms with Crippen molar-refractivity contribution in [1.82, 2.24) is 5.32 Å². The molecule has 0 bridgehead atoms. The highest BCUT2D eigenvalue weighted by Gasteiger charge is 2.27. The van der Waals surface area contributed by atoms with Crippen LogP contribution in [0.3, 0.4) is 0 Å². The summed E-state index contributed by atoms with van der Waals surface area (Å²) in [6.07, 6.45) is -0.325. The topological polar surface area (TPSA) is 49.9 Å². The highest BCUT2D eigenvalue weighted by molar-refractivity contribution is 6.25. The van der Waals surface area contributed by atoms with Crippen molar-refractivity contribution in [2.75, 3.05) is 0 Å². The van der Waals surface area contributed by atoms with Gasteiger partial charge in [0.05, 0.1) is 0 Å². The van der Waals surface area contributed by atoms with Gasteiger partial charge in [-0.2, -0.15) is 0 Å². The van der Waals surface area contributed by atoms with E-state index in [1.807, 2.05) is 18.2 Å². The van der Waals surface area contributed by atoms with E-state index < -0.39 is 0 Å². The summed E-state index contributed by atoms with van der Waals surface area (Å²) in [4.78, 5) is 10.5. The number of hydrogen-bond acceptors (Lipinski definition) is 4. The summed E-state index contributed by atoms with van der Waals surface area (Å²) in [7, 11) is 0. The molecule has 212 valence electrons. The molecule has 0 radical (unpaired) electrons. The Bertz CT molecular complexity index is 2470. The Balaban J connectivity index is 1.35. The van der Waals surface area contributed by atoms with Crippen LogP contribution in [0.1, 0.15) is 22.9 Å². The van der Waals surface area contributed by atoms with E-state index in [0.29, 0.717) is 5.84 Å². The summed E-state index contributed by atoms with van der Waals surface area (Å²) < 4.78 is 6.42. The van der Waals surface area contributed by atoms with Crippen LogP contribution in [0.2, 0.25) is 0 Å². The minimum Gasteiger partial charge on any atom is -0.456 e. The van der Waals surface area contributed by atoms with E-state index in [0.717, 1.165) is 61.0 Å². The highest BCUT2D eigenvalue weighted by Crippen LogP contribution is 2.40. The lowest BCUT2D eigenvalue weighted by molar-refractivity contribution is 0.668. The Morgan fingerprint density at radius 1 is 0.533 bits per heavy atom. The number of fused-ring (bicyclic) bond motifs is 5. The van der Waals surface area contributed by atoms with Crippen LogP contribution in [-0.2, 0) is 0 Å². The molecular formula is C41H27N3O. The summed E-state index contributed by atoms with van der Waals surface area (Å²) in [5.74, 6) is 1.46. The van der Waals surface area contributed by atoms with Gasteiger partial charge in [0.1, 0.15) is 23.2 Å². The molecule has 4 heteroatoms. The Morgan fingerprint density at radius 3 is 2.16 bits per heavy atom. The average molecular weight is 578 g/mol. The summed E-state index contributed by atoms with van der Waals surface area (Å²) in [5.41, 5.74) is 6.95. The van der Waals surface area contributed by atoms with Gasteiger partial charge in [-0.1, -0.05) is 127 Å². The molecule has 0 amide bonds. The first-order valence-corrected chi connectivity index (χ1v) is 15.2. The summed E-state index contributed by atoms with van der Waals surface area (Å²) in [6, 6.07) is 52.8. The van der Waals surface area contributed by atoms with Crippen molar-refractivity contribution in [3.05, 3.63) is 168 Å². The second kappa shape index (κ2) is 10.3. The Hall–Kier alpha value is -6.00. The molecule has 9 rings (SSSR count). The zero-order valence-electron chi connectivity index (χ0n) is 24.3. The van der Waals surface area contributed by atoms with E-state index in [9.17, 15) is 0 Å². The lowest BCUT2D eigenvalue weighted by atomic mass is 9.91. The maximum absolute atomic E-state index is 6.42. The second-order valence-corrected chi connectivity index (χ2v) is 11.4. The molecule has 0 saturated heterocycles. The van der Waals surface area contributed by atoms with Crippen molar-refractivity contribution >= 4 is 55.2 Å². The van der Waals surface area contributed by atoms with Crippen molar-refractivity contribution in [1.29, 1.82) is 0 Å². The fourth-order valence-electron chi connectivity index (χ4n) is 6.59. The lowest BCUT2D eigenvalue weighted by Crippen LogP contribution is -2.34. The lowest BCUT2D eigenvalue weighted by Gasteiger charge is -2.25. The predicted molar refractivity (Wildman–Crippen MR) is 186 cm³/mol. The first-order valence-electron chi connectivity index (χ1n) is 15.2. The molecule has 0 spiro atoms. The molecule has 45 heavy (non-hydrogen) atoms. The van der Waals surface area contributed by atoms with Gasteiger partial charge in [-0.25, -0.2) is 9.98 Å². The third-order valence-electron chi connectivity index (χ3n) is 8.73. The van der Waals surface area contributed by atoms with E-state index in [4.69, 9.17) is 14.4 Å². The number of nitrogens with one attached hydrogen (secondary N) is 1. The first kappa shape index (κ1) is 25.5. The van der Waals surface area contributed by atoms with Gasteiger partial charge >= 0.3 is 0 Å².